The summed E-state index contributed by atoms with van der Waals surface area (Å²) in [5.41, 5.74) is 2.97. The van der Waals surface area contributed by atoms with E-state index in [-0.39, 0.29) is 68.0 Å². The maximum atomic E-state index is 13.6. The van der Waals surface area contributed by atoms with Gasteiger partial charge in [-0.3, -0.25) is 9.59 Å². The summed E-state index contributed by atoms with van der Waals surface area (Å²) >= 11 is 0. The number of rotatable bonds is 11. The zero-order valence-corrected chi connectivity index (χ0v) is 30.5. The van der Waals surface area contributed by atoms with Gasteiger partial charge in [-0.15, -0.1) is 0 Å². The number of anilines is 1. The molecule has 302 valence electrons. The minimum absolute atomic E-state index is 0.00935. The van der Waals surface area contributed by atoms with Crippen LogP contribution in [-0.2, 0) is 59.6 Å². The van der Waals surface area contributed by atoms with Crippen LogP contribution in [0, 0.1) is 0 Å². The number of alkyl carbamates (subject to hydrolysis) is 1. The third kappa shape index (κ3) is 6.59. The van der Waals surface area contributed by atoms with Gasteiger partial charge in [0.25, 0.3) is 5.56 Å². The van der Waals surface area contributed by atoms with Gasteiger partial charge in [-0.1, -0.05) is 6.07 Å². The molecular weight excluding hydrogens is 766 g/mol. The van der Waals surface area contributed by atoms with Crippen molar-refractivity contribution in [3.8, 4) is 28.6 Å². The fourth-order valence-corrected chi connectivity index (χ4v) is 7.51. The van der Waals surface area contributed by atoms with Crippen LogP contribution in [0.5, 0.6) is 17.2 Å². The van der Waals surface area contributed by atoms with Crippen LogP contribution >= 0.6 is 0 Å². The van der Waals surface area contributed by atoms with E-state index in [4.69, 9.17) is 38.1 Å². The molecule has 9 rings (SSSR count). The summed E-state index contributed by atoms with van der Waals surface area (Å²) < 4.78 is 39.9. The molecule has 7 heterocycles. The van der Waals surface area contributed by atoms with Crippen LogP contribution in [0.25, 0.3) is 22.3 Å². The minimum Gasteiger partial charge on any atom is -0.479 e. The number of nitrogens with zero attached hydrogens (tertiary/aromatic N) is 2. The number of hydrogen-bond donors (Lipinski definition) is 6. The lowest BCUT2D eigenvalue weighted by atomic mass is 9.98. The molecule has 6 atom stereocenters. The van der Waals surface area contributed by atoms with Crippen LogP contribution in [0.15, 0.2) is 41.2 Å². The second-order valence-corrected chi connectivity index (χ2v) is 14.1. The van der Waals surface area contributed by atoms with E-state index in [1.54, 1.807) is 31.3 Å². The summed E-state index contributed by atoms with van der Waals surface area (Å²) in [7, 11) is 1.69. The number of aliphatic hydroxyl groups excluding tert-OH is 2. The third-order valence-electron chi connectivity index (χ3n) is 10.5. The standard InChI is InChI=1S/C38H35N5O15/c1-39-5-4-27(44)41-22-6-15(2-3-24(22)56-37-30(46)31-32(57-31)33(58-37)35(48)49)12-53-38(51)40-10-18-16-8-25-26(55-14-54-25)9-21(16)42-28-19(18)11-43-23(28)7-17-20(34(43)47)13-52-36(50)29(17)45/h2-3,6-9,29-33,37,39,45-46H,4-5,10-14H2,1H3,(H,40,51)(H,41,44)(H,48,49). The minimum atomic E-state index is -1.63. The van der Waals surface area contributed by atoms with Gasteiger partial charge < -0.3 is 69.0 Å². The van der Waals surface area contributed by atoms with Gasteiger partial charge in [-0.25, -0.2) is 19.4 Å². The van der Waals surface area contributed by atoms with E-state index in [0.717, 1.165) is 0 Å². The first kappa shape index (κ1) is 37.3. The van der Waals surface area contributed by atoms with Gasteiger partial charge >= 0.3 is 18.0 Å². The number of ether oxygens (including phenoxy) is 7. The second-order valence-electron chi connectivity index (χ2n) is 14.1. The van der Waals surface area contributed by atoms with Crippen molar-refractivity contribution in [2.24, 2.45) is 0 Å². The summed E-state index contributed by atoms with van der Waals surface area (Å²) in [4.78, 5) is 68.3. The zero-order chi connectivity index (χ0) is 40.4. The van der Waals surface area contributed by atoms with Crippen LogP contribution in [-0.4, -0.2) is 99.9 Å². The fourth-order valence-electron chi connectivity index (χ4n) is 7.51. The molecule has 5 aliphatic heterocycles. The van der Waals surface area contributed by atoms with Gasteiger partial charge in [-0.2, -0.15) is 0 Å². The largest absolute Gasteiger partial charge is 0.479 e. The van der Waals surface area contributed by atoms with Crippen LogP contribution < -0.4 is 35.7 Å². The highest BCUT2D eigenvalue weighted by atomic mass is 16.7. The Bertz CT molecular complexity index is 2470. The van der Waals surface area contributed by atoms with E-state index >= 15 is 0 Å². The number of nitrogens with one attached hydrogen (secondary N) is 3. The molecule has 0 radical (unpaired) electrons. The summed E-state index contributed by atoms with van der Waals surface area (Å²) in [5, 5.41) is 39.7. The van der Waals surface area contributed by atoms with Crippen molar-refractivity contribution in [2.75, 3.05) is 25.7 Å². The van der Waals surface area contributed by atoms with Crippen LogP contribution in [0.2, 0.25) is 0 Å². The highest BCUT2D eigenvalue weighted by molar-refractivity contribution is 5.93. The first-order valence-corrected chi connectivity index (χ1v) is 18.2. The number of amides is 2. The average molecular weight is 802 g/mol. The molecule has 5 aliphatic rings. The predicted octanol–water partition coefficient (Wildman–Crippen LogP) is 0.535. The molecular formula is C38H35N5O15. The number of carboxylic acids is 1. The highest BCUT2D eigenvalue weighted by Gasteiger charge is 2.60. The number of carbonyl (C=O) groups excluding carboxylic acids is 3. The van der Waals surface area contributed by atoms with Crippen LogP contribution in [0.4, 0.5) is 10.5 Å². The monoisotopic (exact) mass is 801 g/mol. The van der Waals surface area contributed by atoms with E-state index in [1.807, 2.05) is 0 Å². The number of carbonyl (C=O) groups is 4. The first-order chi connectivity index (χ1) is 28.0. The topological polar surface area (TPSA) is 268 Å². The predicted molar refractivity (Wildman–Crippen MR) is 194 cm³/mol. The number of aromatic nitrogens is 2. The molecule has 20 nitrogen and oxygen atoms in total. The maximum Gasteiger partial charge on any atom is 0.407 e. The van der Waals surface area contributed by atoms with Crippen molar-refractivity contribution in [1.82, 2.24) is 20.2 Å². The summed E-state index contributed by atoms with van der Waals surface area (Å²) in [6.45, 7) is -0.140. The molecule has 2 amide bonds. The Morgan fingerprint density at radius 2 is 1.81 bits per heavy atom. The lowest BCUT2D eigenvalue weighted by Gasteiger charge is -2.30. The molecule has 20 heteroatoms. The molecule has 58 heavy (non-hydrogen) atoms. The Kier molecular flexibility index (Phi) is 9.36. The number of aliphatic hydroxyl groups is 2. The van der Waals surface area contributed by atoms with Crippen molar-refractivity contribution in [3.05, 3.63) is 74.6 Å². The van der Waals surface area contributed by atoms with Crippen molar-refractivity contribution in [1.29, 1.82) is 0 Å². The Balaban J connectivity index is 0.950. The van der Waals surface area contributed by atoms with E-state index in [2.05, 4.69) is 16.0 Å². The quantitative estimate of drug-likeness (QED) is 0.0786. The molecule has 2 aromatic carbocycles. The molecule has 2 saturated heterocycles. The number of aliphatic carboxylic acids is 1. The number of cyclic esters (lactones) is 1. The summed E-state index contributed by atoms with van der Waals surface area (Å²) in [5.74, 6) is -1.52. The number of hydrogen-bond acceptors (Lipinski definition) is 16. The maximum absolute atomic E-state index is 13.6. The number of benzene rings is 2. The van der Waals surface area contributed by atoms with Gasteiger partial charge in [-0.05, 0) is 42.4 Å². The zero-order valence-electron chi connectivity index (χ0n) is 30.5. The van der Waals surface area contributed by atoms with Crippen LogP contribution in [0.3, 0.4) is 0 Å². The normalized spacial score (nSPS) is 23.2. The molecule has 0 spiro atoms. The molecule has 2 fully saturated rings. The molecule has 2 aromatic heterocycles. The Morgan fingerprint density at radius 3 is 2.60 bits per heavy atom. The summed E-state index contributed by atoms with van der Waals surface area (Å²) in [6.07, 6.45) is -7.98. The number of fused-ring (bicyclic) bond motifs is 7. The molecule has 4 aromatic rings. The SMILES string of the molecule is CNCCC(=O)Nc1cc(COC(=O)NCc2c3c(nc4cc5c(cc24)OCO5)-c2cc4c(c(=O)n2C3)COC(=O)C4O)ccc1OC1OC(C(=O)O)C2OC2C1O. The fraction of sp³-hybridized carbons (Fsp3) is 0.368. The van der Waals surface area contributed by atoms with E-state index in [9.17, 15) is 39.3 Å². The lowest BCUT2D eigenvalue weighted by Crippen LogP contribution is -2.50. The van der Waals surface area contributed by atoms with E-state index in [1.165, 1.54) is 16.7 Å². The number of epoxide rings is 1. The van der Waals surface area contributed by atoms with Gasteiger partial charge in [0.1, 0.15) is 37.3 Å². The van der Waals surface area contributed by atoms with Crippen molar-refractivity contribution >= 4 is 40.5 Å². The van der Waals surface area contributed by atoms with Gasteiger partial charge in [0.2, 0.25) is 19.0 Å². The molecule has 6 unspecified atom stereocenters. The van der Waals surface area contributed by atoms with Gasteiger partial charge in [0.15, 0.2) is 23.7 Å². The molecule has 0 aliphatic carbocycles. The van der Waals surface area contributed by atoms with Crippen molar-refractivity contribution < 1.29 is 67.7 Å². The van der Waals surface area contributed by atoms with Crippen molar-refractivity contribution in [2.45, 2.75) is 69.5 Å². The van der Waals surface area contributed by atoms with E-state index in [0.29, 0.717) is 57.0 Å². The lowest BCUT2D eigenvalue weighted by molar-refractivity contribution is -0.201. The van der Waals surface area contributed by atoms with E-state index < -0.39 is 60.4 Å². The summed E-state index contributed by atoms with van der Waals surface area (Å²) in [6, 6.07) is 9.53. The molecule has 6 N–H and O–H groups in total. The van der Waals surface area contributed by atoms with Crippen molar-refractivity contribution in [3.63, 3.8) is 0 Å². The van der Waals surface area contributed by atoms with Crippen LogP contribution in [0.1, 0.15) is 40.3 Å². The Hall–Kier alpha value is -6.32. The second kappa shape index (κ2) is 14.6. The smallest absolute Gasteiger partial charge is 0.407 e. The number of pyridine rings is 2. The van der Waals surface area contributed by atoms with Gasteiger partial charge in [0, 0.05) is 42.1 Å². The Morgan fingerprint density at radius 1 is 1.00 bits per heavy atom. The molecule has 0 bridgehead atoms. The highest BCUT2D eigenvalue weighted by Crippen LogP contribution is 2.43. The number of esters is 1. The average Bonchev–Trinajstić information content (AvgIpc) is 3.74. The third-order valence-corrected chi connectivity index (χ3v) is 10.5. The Labute approximate surface area is 326 Å². The number of carboxylic acid groups (broad SMARTS) is 1. The van der Waals surface area contributed by atoms with Gasteiger partial charge in [0.05, 0.1) is 34.7 Å². The first-order valence-electron chi connectivity index (χ1n) is 18.2. The molecule has 0 saturated carbocycles.